The molecule has 0 heterocycles. The Labute approximate surface area is 415 Å². The number of nitrogens with zero attached hydrogens (tertiary/aromatic N) is 1. The number of hydrogen-bond acceptors (Lipinski definition) is 12. The van der Waals surface area contributed by atoms with Crippen molar-refractivity contribution in [2.75, 3.05) is 104 Å². The fourth-order valence-electron chi connectivity index (χ4n) is 5.75. The maximum atomic E-state index is 12.3. The summed E-state index contributed by atoms with van der Waals surface area (Å²) in [7, 11) is -0.211. The van der Waals surface area contributed by atoms with Gasteiger partial charge < -0.3 is 38.5 Å². The van der Waals surface area contributed by atoms with Crippen LogP contribution >= 0.6 is 15.9 Å². The number of anilines is 2. The molecule has 372 valence electrons. The van der Waals surface area contributed by atoms with E-state index in [0.29, 0.717) is 52.9 Å². The summed E-state index contributed by atoms with van der Waals surface area (Å²) >= 11 is 3.27. The zero-order chi connectivity index (χ0) is 49.7. The maximum absolute atomic E-state index is 12.3. The zero-order valence-corrected chi connectivity index (χ0v) is 42.3. The van der Waals surface area contributed by atoms with E-state index in [1.165, 1.54) is 17.0 Å². The van der Waals surface area contributed by atoms with Crippen LogP contribution in [0.5, 0.6) is 11.5 Å². The molecule has 5 aromatic carbocycles. The summed E-state index contributed by atoms with van der Waals surface area (Å²) in [5, 5.41) is 3.10. The van der Waals surface area contributed by atoms with Gasteiger partial charge >= 0.3 is 6.09 Å². The molecule has 0 fully saturated rings. The Bertz CT molecular complexity index is 2380. The first-order valence-electron chi connectivity index (χ1n) is 22.4. The standard InChI is InChI=1S/C32H38BrNO8S.C21H26FNO3/c1-32(2,3)42-31(35)34(4)28-13-7-25(8-14-28)5-6-26-9-15-29(16-10-26)40-23-21-38-19-20-39-22-24-41-43(36,37)30-17-11-27(33)12-18-30;1-23-20-8-4-18(5-9-20)2-3-19-6-10-21(11-7-19)26-17-16-25-15-14-24-13-12-22/h5-18H,19-24H2,1-4H3;2-11,23H,12-17H2,1H3/b6-5+;3-2+/i;22-1. The van der Waals surface area contributed by atoms with E-state index in [-0.39, 0.29) is 24.7 Å². The van der Waals surface area contributed by atoms with Crippen LogP contribution < -0.4 is 19.7 Å². The number of rotatable bonds is 27. The summed E-state index contributed by atoms with van der Waals surface area (Å²) in [4.78, 5) is 13.8. The van der Waals surface area contributed by atoms with Gasteiger partial charge in [0, 0.05) is 29.9 Å². The van der Waals surface area contributed by atoms with E-state index in [9.17, 15) is 17.6 Å². The molecule has 0 saturated carbocycles. The second-order valence-electron chi connectivity index (χ2n) is 15.9. The van der Waals surface area contributed by atoms with Gasteiger partial charge in [-0.1, -0.05) is 88.8 Å². The zero-order valence-electron chi connectivity index (χ0n) is 39.9. The molecule has 5 rings (SSSR count). The molecule has 5 aromatic rings. The second-order valence-corrected chi connectivity index (χ2v) is 18.4. The van der Waals surface area contributed by atoms with Crippen LogP contribution in [-0.2, 0) is 38.0 Å². The molecule has 13 nitrogen and oxygen atoms in total. The quantitative estimate of drug-likeness (QED) is 0.0304. The Hall–Kier alpha value is -5.59. The van der Waals surface area contributed by atoms with Crippen molar-refractivity contribution in [3.63, 3.8) is 0 Å². The van der Waals surface area contributed by atoms with Gasteiger partial charge in [0.1, 0.15) is 37.0 Å². The molecule has 0 atom stereocenters. The molecule has 0 aliphatic rings. The fraction of sp³-hybridized carbons (Fsp3) is 0.340. The molecule has 0 unspecified atom stereocenters. The van der Waals surface area contributed by atoms with Gasteiger partial charge in [0.2, 0.25) is 0 Å². The molecule has 0 aliphatic heterocycles. The molecule has 0 aromatic heterocycles. The van der Waals surface area contributed by atoms with E-state index in [0.717, 1.165) is 49.6 Å². The molecule has 0 bridgehead atoms. The maximum Gasteiger partial charge on any atom is 0.414 e. The van der Waals surface area contributed by atoms with Crippen LogP contribution in [-0.4, -0.2) is 114 Å². The van der Waals surface area contributed by atoms with Gasteiger partial charge in [-0.2, -0.15) is 8.42 Å². The summed E-state index contributed by atoms with van der Waals surface area (Å²) < 4.78 is 79.7. The lowest BCUT2D eigenvalue weighted by atomic mass is 10.1. The van der Waals surface area contributed by atoms with E-state index in [4.69, 9.17) is 37.3 Å². The van der Waals surface area contributed by atoms with Crippen molar-refractivity contribution in [1.29, 1.82) is 0 Å². The molecular formula is C53H64BrFN2O11S. The highest BCUT2D eigenvalue weighted by Crippen LogP contribution is 2.21. The molecule has 1 N–H and O–H groups in total. The van der Waals surface area contributed by atoms with Crippen LogP contribution in [0.15, 0.2) is 131 Å². The smallest absolute Gasteiger partial charge is 0.414 e. The topological polar surface area (TPSA) is 140 Å². The Balaban J connectivity index is 0.000000340. The molecule has 69 heavy (non-hydrogen) atoms. The molecule has 0 spiro atoms. The summed E-state index contributed by atoms with van der Waals surface area (Å²) in [6, 6.07) is 37.7. The highest BCUT2D eigenvalue weighted by Gasteiger charge is 2.20. The van der Waals surface area contributed by atoms with Gasteiger partial charge in [-0.05, 0) is 116 Å². The van der Waals surface area contributed by atoms with Crippen molar-refractivity contribution >= 4 is 67.8 Å². The minimum Gasteiger partial charge on any atom is -0.491 e. The molecule has 0 radical (unpaired) electrons. The number of carbonyl (C=O) groups excluding carboxylic acids is 1. The molecule has 1 amide bonds. The summed E-state index contributed by atoms with van der Waals surface area (Å²) in [6.07, 6.45) is 7.74. The fourth-order valence-corrected chi connectivity index (χ4v) is 6.91. The van der Waals surface area contributed by atoms with Gasteiger partial charge in [-0.15, -0.1) is 0 Å². The number of halogens is 2. The normalized spacial score (nSPS) is 11.6. The molecular weight excluding hydrogens is 971 g/mol. The lowest BCUT2D eigenvalue weighted by molar-refractivity contribution is 0.0279. The molecule has 0 aliphatic carbocycles. The van der Waals surface area contributed by atoms with Crippen molar-refractivity contribution in [3.8, 4) is 11.5 Å². The number of hydrogen-bond donors (Lipinski definition) is 1. The molecule has 0 saturated heterocycles. The van der Waals surface area contributed by atoms with Crippen molar-refractivity contribution < 1.29 is 54.9 Å². The van der Waals surface area contributed by atoms with Crippen LogP contribution in [0.2, 0.25) is 0 Å². The Morgan fingerprint density at radius 3 is 1.39 bits per heavy atom. The van der Waals surface area contributed by atoms with Gasteiger partial charge in [-0.3, -0.25) is 9.08 Å². The van der Waals surface area contributed by atoms with Crippen LogP contribution in [0, 0.1) is 0 Å². The van der Waals surface area contributed by atoms with Gasteiger partial charge in [0.25, 0.3) is 10.1 Å². The first kappa shape index (κ1) is 56.0. The average molecular weight is 1040 g/mol. The predicted molar refractivity (Wildman–Crippen MR) is 275 cm³/mol. The van der Waals surface area contributed by atoms with Crippen LogP contribution in [0.4, 0.5) is 20.6 Å². The van der Waals surface area contributed by atoms with E-state index in [2.05, 4.69) is 45.5 Å². The van der Waals surface area contributed by atoms with Gasteiger partial charge in [-0.25, -0.2) is 9.18 Å². The van der Waals surface area contributed by atoms with Crippen LogP contribution in [0.3, 0.4) is 0 Å². The van der Waals surface area contributed by atoms with E-state index >= 15 is 0 Å². The SMILES string of the molecule is CN(C(=O)OC(C)(C)C)c1ccc(/C=C/c2ccc(OCCOCCOCCOS(=O)(=O)c3ccc(Br)cc3)cc2)cc1.CNc1ccc(/C=C/c2ccc(OCCOCCOCC[18F])cc2)cc1. The Morgan fingerprint density at radius 2 is 0.971 bits per heavy atom. The average Bonchev–Trinajstić information content (AvgIpc) is 3.34. The highest BCUT2D eigenvalue weighted by molar-refractivity contribution is 9.10. The first-order chi connectivity index (χ1) is 33.2. The monoisotopic (exact) mass is 1030 g/mol. The Morgan fingerprint density at radius 1 is 0.580 bits per heavy atom. The third kappa shape index (κ3) is 23.0. The van der Waals surface area contributed by atoms with E-state index in [1.54, 1.807) is 19.2 Å². The number of benzene rings is 5. The van der Waals surface area contributed by atoms with Crippen LogP contribution in [0.1, 0.15) is 43.0 Å². The van der Waals surface area contributed by atoms with Crippen molar-refractivity contribution in [3.05, 3.63) is 148 Å². The van der Waals surface area contributed by atoms with Crippen molar-refractivity contribution in [2.45, 2.75) is 31.3 Å². The first-order valence-corrected chi connectivity index (χ1v) is 24.6. The highest BCUT2D eigenvalue weighted by atomic mass is 79.9. The van der Waals surface area contributed by atoms with Crippen molar-refractivity contribution in [1.82, 2.24) is 0 Å². The lowest BCUT2D eigenvalue weighted by Crippen LogP contribution is -2.34. The number of ether oxygens (including phenoxy) is 7. The summed E-state index contributed by atoms with van der Waals surface area (Å²) in [6.45, 7) is 8.47. The van der Waals surface area contributed by atoms with E-state index in [1.807, 2.05) is 125 Å². The second kappa shape index (κ2) is 30.8. The predicted octanol–water partition coefficient (Wildman–Crippen LogP) is 11.1. The number of alkyl halides is 1. The number of nitrogens with one attached hydrogen (secondary N) is 1. The minimum atomic E-state index is -3.80. The van der Waals surface area contributed by atoms with Crippen molar-refractivity contribution in [2.24, 2.45) is 0 Å². The van der Waals surface area contributed by atoms with Gasteiger partial charge in [0.15, 0.2) is 0 Å². The summed E-state index contributed by atoms with van der Waals surface area (Å²) in [5.74, 6) is 1.54. The van der Waals surface area contributed by atoms with Crippen LogP contribution in [0.25, 0.3) is 24.3 Å². The summed E-state index contributed by atoms with van der Waals surface area (Å²) in [5.41, 5.74) is 5.58. The minimum absolute atomic E-state index is 0.0770. The Kier molecular flexibility index (Phi) is 25.0. The van der Waals surface area contributed by atoms with E-state index < -0.39 is 28.5 Å². The number of amides is 1. The largest absolute Gasteiger partial charge is 0.491 e. The third-order valence-electron chi connectivity index (χ3n) is 9.37. The van der Waals surface area contributed by atoms with Gasteiger partial charge in [0.05, 0.1) is 64.4 Å². The lowest BCUT2D eigenvalue weighted by Gasteiger charge is -2.24. The molecule has 16 heteroatoms. The number of carbonyl (C=O) groups is 1. The third-order valence-corrected chi connectivity index (χ3v) is 11.2.